The van der Waals surface area contributed by atoms with Crippen LogP contribution in [-0.2, 0) is 0 Å². The summed E-state index contributed by atoms with van der Waals surface area (Å²) in [5.41, 5.74) is 6.14. The van der Waals surface area contributed by atoms with Crippen LogP contribution in [0.1, 0.15) is 40.9 Å². The van der Waals surface area contributed by atoms with Gasteiger partial charge in [0.25, 0.3) is 0 Å². The number of pyridine rings is 1. The number of benzene rings is 1. The van der Waals surface area contributed by atoms with Crippen molar-refractivity contribution in [3.63, 3.8) is 0 Å². The Morgan fingerprint density at radius 1 is 1.11 bits per heavy atom. The Hall–Kier alpha value is -1.67. The van der Waals surface area contributed by atoms with Gasteiger partial charge in [-0.1, -0.05) is 42.8 Å². The minimum atomic E-state index is 0.172. The standard InChI is InChI=1S/C17H22N2/c1-5-18-17(15-8-6-7-12(2)10-15)16-14(4)9-13(3)11-19-16/h6-11,17-18H,5H2,1-4H3. The summed E-state index contributed by atoms with van der Waals surface area (Å²) in [6, 6.07) is 11.0. The van der Waals surface area contributed by atoms with E-state index in [1.54, 1.807) is 0 Å². The number of hydrogen-bond donors (Lipinski definition) is 1. The van der Waals surface area contributed by atoms with E-state index in [9.17, 15) is 0 Å². The zero-order chi connectivity index (χ0) is 13.8. The molecule has 0 saturated carbocycles. The molecule has 0 fully saturated rings. The van der Waals surface area contributed by atoms with Crippen LogP contribution < -0.4 is 5.32 Å². The fourth-order valence-electron chi connectivity index (χ4n) is 2.45. The fourth-order valence-corrected chi connectivity index (χ4v) is 2.45. The minimum absolute atomic E-state index is 0.172. The average molecular weight is 254 g/mol. The van der Waals surface area contributed by atoms with Gasteiger partial charge in [-0.15, -0.1) is 0 Å². The van der Waals surface area contributed by atoms with Crippen LogP contribution in [0.5, 0.6) is 0 Å². The monoisotopic (exact) mass is 254 g/mol. The highest BCUT2D eigenvalue weighted by Gasteiger charge is 2.16. The molecule has 2 heteroatoms. The first-order valence-electron chi connectivity index (χ1n) is 6.85. The molecule has 1 aromatic carbocycles. The van der Waals surface area contributed by atoms with Crippen LogP contribution in [0, 0.1) is 20.8 Å². The highest BCUT2D eigenvalue weighted by Crippen LogP contribution is 2.24. The van der Waals surface area contributed by atoms with Gasteiger partial charge in [0.05, 0.1) is 11.7 Å². The molecule has 1 N–H and O–H groups in total. The molecule has 0 aliphatic carbocycles. The predicted octanol–water partition coefficient (Wildman–Crippen LogP) is 3.71. The van der Waals surface area contributed by atoms with Gasteiger partial charge in [-0.05, 0) is 44.0 Å². The number of aryl methyl sites for hydroxylation is 3. The SMILES string of the molecule is CCNC(c1cccc(C)c1)c1ncc(C)cc1C. The largest absolute Gasteiger partial charge is 0.305 e. The lowest BCUT2D eigenvalue weighted by atomic mass is 9.98. The predicted molar refractivity (Wildman–Crippen MR) is 80.4 cm³/mol. The molecule has 100 valence electrons. The van der Waals surface area contributed by atoms with Crippen LogP contribution in [-0.4, -0.2) is 11.5 Å². The Morgan fingerprint density at radius 3 is 2.53 bits per heavy atom. The molecular weight excluding hydrogens is 232 g/mol. The van der Waals surface area contributed by atoms with E-state index in [1.807, 2.05) is 6.20 Å². The van der Waals surface area contributed by atoms with E-state index in [1.165, 1.54) is 22.3 Å². The minimum Gasteiger partial charge on any atom is -0.305 e. The van der Waals surface area contributed by atoms with E-state index >= 15 is 0 Å². The van der Waals surface area contributed by atoms with Gasteiger partial charge in [0.1, 0.15) is 0 Å². The summed E-state index contributed by atoms with van der Waals surface area (Å²) in [4.78, 5) is 4.64. The second kappa shape index (κ2) is 5.98. The summed E-state index contributed by atoms with van der Waals surface area (Å²) < 4.78 is 0. The third-order valence-electron chi connectivity index (χ3n) is 3.31. The van der Waals surface area contributed by atoms with Gasteiger partial charge in [0.2, 0.25) is 0 Å². The second-order valence-electron chi connectivity index (χ2n) is 5.12. The molecule has 2 aromatic rings. The number of aromatic nitrogens is 1. The first kappa shape index (κ1) is 13.8. The van der Waals surface area contributed by atoms with Gasteiger partial charge < -0.3 is 5.32 Å². The van der Waals surface area contributed by atoms with Crippen molar-refractivity contribution in [2.75, 3.05) is 6.54 Å². The third kappa shape index (κ3) is 3.21. The summed E-state index contributed by atoms with van der Waals surface area (Å²) >= 11 is 0. The van der Waals surface area contributed by atoms with Crippen molar-refractivity contribution in [2.24, 2.45) is 0 Å². The van der Waals surface area contributed by atoms with Crippen molar-refractivity contribution in [3.8, 4) is 0 Å². The molecule has 0 aliphatic rings. The van der Waals surface area contributed by atoms with E-state index in [0.29, 0.717) is 0 Å². The lowest BCUT2D eigenvalue weighted by molar-refractivity contribution is 0.611. The maximum absolute atomic E-state index is 4.64. The Morgan fingerprint density at radius 2 is 1.89 bits per heavy atom. The highest BCUT2D eigenvalue weighted by atomic mass is 14.9. The normalized spacial score (nSPS) is 12.4. The summed E-state index contributed by atoms with van der Waals surface area (Å²) in [5, 5.41) is 3.54. The van der Waals surface area contributed by atoms with Gasteiger partial charge in [-0.3, -0.25) is 4.98 Å². The van der Waals surface area contributed by atoms with E-state index in [0.717, 1.165) is 12.2 Å². The number of rotatable bonds is 4. The molecule has 0 radical (unpaired) electrons. The molecule has 0 saturated heterocycles. The highest BCUT2D eigenvalue weighted by molar-refractivity contribution is 5.35. The van der Waals surface area contributed by atoms with Crippen LogP contribution in [0.25, 0.3) is 0 Å². The quantitative estimate of drug-likeness (QED) is 0.899. The maximum Gasteiger partial charge on any atom is 0.0754 e. The maximum atomic E-state index is 4.64. The van der Waals surface area contributed by atoms with Crippen molar-refractivity contribution in [3.05, 3.63) is 64.5 Å². The Bertz CT molecular complexity index is 561. The molecule has 1 heterocycles. The zero-order valence-electron chi connectivity index (χ0n) is 12.2. The van der Waals surface area contributed by atoms with Crippen molar-refractivity contribution in [1.82, 2.24) is 10.3 Å². The van der Waals surface area contributed by atoms with Gasteiger partial charge in [0.15, 0.2) is 0 Å². The molecule has 1 aromatic heterocycles. The zero-order valence-corrected chi connectivity index (χ0v) is 12.2. The summed E-state index contributed by atoms with van der Waals surface area (Å²) in [6.07, 6.45) is 1.95. The molecule has 0 amide bonds. The van der Waals surface area contributed by atoms with E-state index < -0.39 is 0 Å². The fraction of sp³-hybridized carbons (Fsp3) is 0.353. The van der Waals surface area contributed by atoms with Gasteiger partial charge in [-0.2, -0.15) is 0 Å². The average Bonchev–Trinajstić information content (AvgIpc) is 2.37. The van der Waals surface area contributed by atoms with Crippen LogP contribution in [0.4, 0.5) is 0 Å². The van der Waals surface area contributed by atoms with Crippen LogP contribution in [0.2, 0.25) is 0 Å². The Balaban J connectivity index is 2.45. The molecule has 0 aliphatic heterocycles. The van der Waals surface area contributed by atoms with Gasteiger partial charge >= 0.3 is 0 Å². The number of nitrogens with one attached hydrogen (secondary N) is 1. The van der Waals surface area contributed by atoms with E-state index in [-0.39, 0.29) is 6.04 Å². The second-order valence-corrected chi connectivity index (χ2v) is 5.12. The lowest BCUT2D eigenvalue weighted by Crippen LogP contribution is -2.24. The van der Waals surface area contributed by atoms with E-state index in [2.05, 4.69) is 68.3 Å². The molecular formula is C17H22N2. The van der Waals surface area contributed by atoms with Gasteiger partial charge in [0, 0.05) is 6.20 Å². The van der Waals surface area contributed by atoms with Crippen molar-refractivity contribution < 1.29 is 0 Å². The molecule has 2 nitrogen and oxygen atoms in total. The van der Waals surface area contributed by atoms with Gasteiger partial charge in [-0.25, -0.2) is 0 Å². The van der Waals surface area contributed by atoms with E-state index in [4.69, 9.17) is 0 Å². The molecule has 19 heavy (non-hydrogen) atoms. The molecule has 1 atom stereocenters. The topological polar surface area (TPSA) is 24.9 Å². The molecule has 1 unspecified atom stereocenters. The molecule has 2 rings (SSSR count). The Kier molecular flexibility index (Phi) is 4.33. The molecule has 0 bridgehead atoms. The number of nitrogens with zero attached hydrogens (tertiary/aromatic N) is 1. The summed E-state index contributed by atoms with van der Waals surface area (Å²) in [5.74, 6) is 0. The summed E-state index contributed by atoms with van der Waals surface area (Å²) in [7, 11) is 0. The first-order valence-corrected chi connectivity index (χ1v) is 6.85. The lowest BCUT2D eigenvalue weighted by Gasteiger charge is -2.20. The van der Waals surface area contributed by atoms with Crippen molar-refractivity contribution >= 4 is 0 Å². The number of hydrogen-bond acceptors (Lipinski definition) is 2. The smallest absolute Gasteiger partial charge is 0.0754 e. The van der Waals surface area contributed by atoms with Crippen molar-refractivity contribution in [1.29, 1.82) is 0 Å². The Labute approximate surface area is 115 Å². The first-order chi connectivity index (χ1) is 9.11. The summed E-state index contributed by atoms with van der Waals surface area (Å²) in [6.45, 7) is 9.40. The van der Waals surface area contributed by atoms with Crippen molar-refractivity contribution in [2.45, 2.75) is 33.7 Å². The van der Waals surface area contributed by atoms with Crippen LogP contribution in [0.15, 0.2) is 36.5 Å². The third-order valence-corrected chi connectivity index (χ3v) is 3.31. The van der Waals surface area contributed by atoms with Crippen LogP contribution in [0.3, 0.4) is 0 Å². The molecule has 0 spiro atoms. The van der Waals surface area contributed by atoms with Crippen LogP contribution >= 0.6 is 0 Å².